The third kappa shape index (κ3) is 10.5. The molecule has 10 heteroatoms. The number of ether oxygens (including phenoxy) is 1. The number of halogens is 5. The molecule has 12 rings (SSSR count). The smallest absolute Gasteiger partial charge is 0.200 e. The molecule has 3 heterocycles. The van der Waals surface area contributed by atoms with E-state index in [1.807, 2.05) is 102 Å². The summed E-state index contributed by atoms with van der Waals surface area (Å²) in [4.78, 5) is 8.96. The van der Waals surface area contributed by atoms with E-state index >= 15 is 22.0 Å². The van der Waals surface area contributed by atoms with E-state index in [9.17, 15) is 0 Å². The number of hydrogen-bond donors (Lipinski definition) is 0. The second-order valence-electron chi connectivity index (χ2n) is 26.8. The molecule has 11 aromatic rings. The van der Waals surface area contributed by atoms with Crippen LogP contribution in [0, 0.1) is 29.1 Å². The van der Waals surface area contributed by atoms with Gasteiger partial charge in [-0.15, -0.1) is 0 Å². The summed E-state index contributed by atoms with van der Waals surface area (Å²) in [6.45, 7) is 25.9. The molecule has 1 aliphatic heterocycles. The first-order valence-electron chi connectivity index (χ1n) is 29.2. The Morgan fingerprint density at radius 3 is 1.57 bits per heavy atom. The molecule has 0 N–H and O–H groups in total. The Kier molecular flexibility index (Phi) is 14.1. The lowest BCUT2D eigenvalue weighted by Gasteiger charge is -2.30. The topological polar surface area (TPSA) is 33.5 Å². The second kappa shape index (κ2) is 21.2. The molecule has 0 atom stereocenters. The van der Waals surface area contributed by atoms with Gasteiger partial charge in [0.25, 0.3) is 0 Å². The first kappa shape index (κ1) is 57.4. The van der Waals surface area contributed by atoms with E-state index in [-0.39, 0.29) is 39.6 Å². The van der Waals surface area contributed by atoms with Gasteiger partial charge in [-0.1, -0.05) is 186 Å². The number of para-hydroxylation sites is 3. The number of nitrogens with zero attached hydrogens (tertiary/aromatic N) is 4. The number of aromatic nitrogens is 2. The first-order valence-corrected chi connectivity index (χ1v) is 29.2. The lowest BCUT2D eigenvalue weighted by Crippen LogP contribution is -2.25. The minimum Gasteiger partial charge on any atom is -0.457 e. The Balaban J connectivity index is 1.08. The largest absolute Gasteiger partial charge is 0.457 e. The van der Waals surface area contributed by atoms with E-state index in [2.05, 4.69) is 177 Å². The molecule has 1 aliphatic rings. The predicted octanol–water partition coefficient (Wildman–Crippen LogP) is 21.8. The Morgan fingerprint density at radius 2 is 0.930 bits per heavy atom. The van der Waals surface area contributed by atoms with Crippen molar-refractivity contribution >= 4 is 44.6 Å². The maximum Gasteiger partial charge on any atom is 0.200 e. The molecule has 2 aromatic heterocycles. The zero-order valence-corrected chi connectivity index (χ0v) is 50.7. The van der Waals surface area contributed by atoms with Gasteiger partial charge in [-0.3, -0.25) is 4.57 Å². The number of rotatable bonds is 9. The first-order chi connectivity index (χ1) is 40.7. The lowest BCUT2D eigenvalue weighted by molar-refractivity contribution is 0.381. The van der Waals surface area contributed by atoms with Crippen molar-refractivity contribution in [3.05, 3.63) is 240 Å². The fourth-order valence-corrected chi connectivity index (χ4v) is 11.8. The SMILES string of the molecule is CC(C)(C)c1ccc(-c2cc(Oc3ccc4c5ccccc5n(-c5cc(C(C)(C)C)ccn5)c4c3)cc(N3CN(c4c(-c5cc(C(C)(C)C)cc(C(C)(C)C)c5)cc(-c5ccccc5)cc4-c4c(F)c(F)c(F)c(F)c4F)c4ccccc43)c2)cc1. The molecular formula is C76H69F5N4O. The minimum absolute atomic E-state index is 0.0447. The highest BCUT2D eigenvalue weighted by Crippen LogP contribution is 2.54. The van der Waals surface area contributed by atoms with Crippen LogP contribution >= 0.6 is 0 Å². The van der Waals surface area contributed by atoms with Gasteiger partial charge in [0, 0.05) is 45.9 Å². The number of benzene rings is 9. The number of pyridine rings is 1. The molecule has 0 saturated heterocycles. The molecule has 0 amide bonds. The molecule has 0 spiro atoms. The van der Waals surface area contributed by atoms with Crippen LogP contribution in [0.2, 0.25) is 0 Å². The molecule has 86 heavy (non-hydrogen) atoms. The molecule has 5 nitrogen and oxygen atoms in total. The summed E-state index contributed by atoms with van der Waals surface area (Å²) in [6.07, 6.45) is 1.86. The summed E-state index contributed by atoms with van der Waals surface area (Å²) in [5.74, 6) is -8.24. The van der Waals surface area contributed by atoms with Crippen LogP contribution in [-0.4, -0.2) is 16.2 Å². The number of fused-ring (bicyclic) bond motifs is 4. The second-order valence-corrected chi connectivity index (χ2v) is 26.8. The molecule has 434 valence electrons. The van der Waals surface area contributed by atoms with Crippen molar-refractivity contribution in [3.63, 3.8) is 0 Å². The molecule has 0 aliphatic carbocycles. The number of anilines is 4. The fourth-order valence-electron chi connectivity index (χ4n) is 11.8. The standard InChI is InChI=1S/C76H69F5N4O/c1-73(2,3)50-28-26-46(27-29-50)47-36-54(42-56(37-47)86-55-30-31-58-57-22-16-17-23-61(57)85(64(58)43-55)65-41-51(32-33-82-65)74(4,5)6)83-44-84(63-25-19-18-24-62(63)83)72-59(49-34-52(75(7,8)9)40-53(35-49)76(10,11)12)38-48(45-20-14-13-15-21-45)39-60(72)66-67(77)69(79)71(81)70(80)68(66)78/h13-43H,44H2,1-12H3. The van der Waals surface area contributed by atoms with Gasteiger partial charge in [-0.05, 0) is 138 Å². The van der Waals surface area contributed by atoms with Crippen LogP contribution in [-0.2, 0) is 21.7 Å². The van der Waals surface area contributed by atoms with Gasteiger partial charge in [0.2, 0.25) is 5.82 Å². The number of hydrogen-bond acceptors (Lipinski definition) is 4. The Morgan fingerprint density at radius 1 is 0.384 bits per heavy atom. The van der Waals surface area contributed by atoms with Crippen LogP contribution < -0.4 is 14.5 Å². The molecular weight excluding hydrogens is 1080 g/mol. The van der Waals surface area contributed by atoms with Crippen LogP contribution in [0.15, 0.2) is 188 Å². The van der Waals surface area contributed by atoms with Crippen molar-refractivity contribution in [1.82, 2.24) is 9.55 Å². The average Bonchev–Trinajstić information content (AvgIpc) is 1.45. The van der Waals surface area contributed by atoms with Gasteiger partial charge in [-0.2, -0.15) is 0 Å². The molecule has 0 unspecified atom stereocenters. The van der Waals surface area contributed by atoms with Crippen LogP contribution in [0.5, 0.6) is 11.5 Å². The van der Waals surface area contributed by atoms with Crippen LogP contribution in [0.25, 0.3) is 72.1 Å². The van der Waals surface area contributed by atoms with Crippen molar-refractivity contribution < 1.29 is 26.7 Å². The van der Waals surface area contributed by atoms with Gasteiger partial charge >= 0.3 is 0 Å². The summed E-state index contributed by atoms with van der Waals surface area (Å²) in [7, 11) is 0. The van der Waals surface area contributed by atoms with E-state index in [0.29, 0.717) is 39.4 Å². The summed E-state index contributed by atoms with van der Waals surface area (Å²) in [6, 6.07) is 60.2. The third-order valence-corrected chi connectivity index (χ3v) is 16.7. The van der Waals surface area contributed by atoms with Gasteiger partial charge in [-0.25, -0.2) is 26.9 Å². The molecule has 9 aromatic carbocycles. The van der Waals surface area contributed by atoms with E-state index in [4.69, 9.17) is 9.72 Å². The van der Waals surface area contributed by atoms with Gasteiger partial charge in [0.15, 0.2) is 23.3 Å². The van der Waals surface area contributed by atoms with E-state index in [1.54, 1.807) is 6.07 Å². The average molecular weight is 1150 g/mol. The van der Waals surface area contributed by atoms with Crippen molar-refractivity contribution in [1.29, 1.82) is 0 Å². The lowest BCUT2D eigenvalue weighted by atomic mass is 9.78. The highest BCUT2D eigenvalue weighted by Gasteiger charge is 2.37. The van der Waals surface area contributed by atoms with Crippen LogP contribution in [0.4, 0.5) is 44.7 Å². The van der Waals surface area contributed by atoms with Crippen molar-refractivity contribution in [2.75, 3.05) is 16.5 Å². The molecule has 0 saturated carbocycles. The summed E-state index contributed by atoms with van der Waals surface area (Å²) >= 11 is 0. The fraction of sp³-hybridized carbons (Fsp3) is 0.224. The maximum atomic E-state index is 17.0. The Bertz CT molecular complexity index is 4400. The predicted molar refractivity (Wildman–Crippen MR) is 343 cm³/mol. The summed E-state index contributed by atoms with van der Waals surface area (Å²) < 4.78 is 90.2. The van der Waals surface area contributed by atoms with Crippen molar-refractivity contribution in [2.24, 2.45) is 0 Å². The maximum absolute atomic E-state index is 17.0. The van der Waals surface area contributed by atoms with Crippen LogP contribution in [0.3, 0.4) is 0 Å². The highest BCUT2D eigenvalue weighted by atomic mass is 19.2. The van der Waals surface area contributed by atoms with E-state index in [0.717, 1.165) is 66.8 Å². The zero-order chi connectivity index (χ0) is 60.9. The van der Waals surface area contributed by atoms with Crippen molar-refractivity contribution in [2.45, 2.75) is 105 Å². The van der Waals surface area contributed by atoms with Gasteiger partial charge in [0.05, 0.1) is 33.7 Å². The minimum atomic E-state index is -2.23. The summed E-state index contributed by atoms with van der Waals surface area (Å²) in [5, 5.41) is 2.12. The Labute approximate surface area is 501 Å². The zero-order valence-electron chi connectivity index (χ0n) is 50.7. The van der Waals surface area contributed by atoms with E-state index < -0.39 is 34.6 Å². The normalized spacial score (nSPS) is 13.1. The third-order valence-electron chi connectivity index (χ3n) is 16.7. The van der Waals surface area contributed by atoms with Crippen LogP contribution in [0.1, 0.15) is 105 Å². The molecule has 0 fully saturated rings. The molecule has 0 bridgehead atoms. The summed E-state index contributed by atoms with van der Waals surface area (Å²) in [5.41, 5.74) is 10.7. The van der Waals surface area contributed by atoms with Gasteiger partial charge in [0.1, 0.15) is 24.0 Å². The monoisotopic (exact) mass is 1150 g/mol. The van der Waals surface area contributed by atoms with E-state index in [1.165, 1.54) is 5.56 Å². The quantitative estimate of drug-likeness (QED) is 0.0819. The van der Waals surface area contributed by atoms with Crippen molar-refractivity contribution in [3.8, 4) is 61.8 Å². The Hall–Kier alpha value is -9.02. The molecule has 0 radical (unpaired) electrons. The highest BCUT2D eigenvalue weighted by molar-refractivity contribution is 6.09. The van der Waals surface area contributed by atoms with Gasteiger partial charge < -0.3 is 14.5 Å².